The van der Waals surface area contributed by atoms with Crippen LogP contribution in [0.1, 0.15) is 25.3 Å². The predicted octanol–water partition coefficient (Wildman–Crippen LogP) is 3.42. The fraction of sp³-hybridized carbons (Fsp3) is 0.417. The molecule has 0 unspecified atom stereocenters. The molecule has 1 saturated heterocycles. The molecule has 2 aliphatic heterocycles. The summed E-state index contributed by atoms with van der Waals surface area (Å²) in [5.41, 5.74) is 0.945. The van der Waals surface area contributed by atoms with Gasteiger partial charge in [-0.1, -0.05) is 12.1 Å². The predicted molar refractivity (Wildman–Crippen MR) is 120 cm³/mol. The lowest BCUT2D eigenvalue weighted by Gasteiger charge is -2.39. The molecule has 0 radical (unpaired) electrons. The van der Waals surface area contributed by atoms with Gasteiger partial charge in [0.05, 0.1) is 12.5 Å². The summed E-state index contributed by atoms with van der Waals surface area (Å²) in [5.74, 6) is 1.99. The molecule has 8 nitrogen and oxygen atoms in total. The van der Waals surface area contributed by atoms with Gasteiger partial charge >= 0.3 is 6.03 Å². The number of amides is 3. The molecule has 0 aliphatic carbocycles. The second kappa shape index (κ2) is 9.38. The van der Waals surface area contributed by atoms with E-state index in [9.17, 15) is 9.59 Å². The molecule has 0 spiro atoms. The Morgan fingerprint density at radius 3 is 2.75 bits per heavy atom. The normalized spacial score (nSPS) is 19.8. The first kappa shape index (κ1) is 21.8. The average molecular weight is 440 g/mol. The highest BCUT2D eigenvalue weighted by molar-refractivity contribution is 5.91. The summed E-state index contributed by atoms with van der Waals surface area (Å²) in [4.78, 5) is 27.6. The van der Waals surface area contributed by atoms with Crippen LogP contribution in [0, 0.1) is 5.41 Å². The number of anilines is 1. The van der Waals surface area contributed by atoms with Crippen LogP contribution >= 0.6 is 0 Å². The molecule has 170 valence electrons. The molecule has 2 heterocycles. The van der Waals surface area contributed by atoms with Crippen LogP contribution in [0.5, 0.6) is 17.2 Å². The average Bonchev–Trinajstić information content (AvgIpc) is 2.82. The molecule has 0 bridgehead atoms. The van der Waals surface area contributed by atoms with Gasteiger partial charge in [-0.3, -0.25) is 4.79 Å². The number of hydrogen-bond acceptors (Lipinski definition) is 5. The second-order valence-corrected chi connectivity index (χ2v) is 8.41. The number of nitrogens with one attached hydrogen (secondary N) is 2. The van der Waals surface area contributed by atoms with E-state index in [2.05, 4.69) is 10.6 Å². The quantitative estimate of drug-likeness (QED) is 0.745. The Bertz CT molecular complexity index is 995. The van der Waals surface area contributed by atoms with Gasteiger partial charge in [-0.05, 0) is 49.6 Å². The first-order chi connectivity index (χ1) is 15.5. The number of rotatable bonds is 5. The number of methoxy groups -OCH3 is 1. The van der Waals surface area contributed by atoms with Crippen LogP contribution in [0.25, 0.3) is 0 Å². The van der Waals surface area contributed by atoms with Crippen molar-refractivity contribution in [1.29, 1.82) is 0 Å². The van der Waals surface area contributed by atoms with E-state index in [0.717, 1.165) is 24.2 Å². The standard InChI is InChI=1S/C24H29N3O5/c1-24(22(28)25-15-17-5-3-6-19(13-17)30-2)9-4-10-27(16-24)23(29)26-18-7-8-20-21(14-18)32-12-11-31-20/h3,5-8,13-14H,4,9-12,15-16H2,1-2H3,(H,25,28)(H,26,29)/t24-/m0/s1. The molecule has 2 aromatic rings. The minimum absolute atomic E-state index is 0.0582. The van der Waals surface area contributed by atoms with E-state index in [1.165, 1.54) is 0 Å². The number of hydrogen-bond donors (Lipinski definition) is 2. The number of carbonyl (C=O) groups is 2. The Hall–Kier alpha value is -3.42. The van der Waals surface area contributed by atoms with Crippen molar-refractivity contribution in [2.45, 2.75) is 26.3 Å². The molecular formula is C24H29N3O5. The van der Waals surface area contributed by atoms with E-state index < -0.39 is 5.41 Å². The minimum Gasteiger partial charge on any atom is -0.497 e. The Morgan fingerprint density at radius 1 is 1.12 bits per heavy atom. The van der Waals surface area contributed by atoms with E-state index >= 15 is 0 Å². The second-order valence-electron chi connectivity index (χ2n) is 8.41. The third kappa shape index (κ3) is 4.90. The SMILES string of the molecule is COc1cccc(CNC(=O)[C@@]2(C)CCCN(C(=O)Nc3ccc4c(c3)OCCO4)C2)c1. The fourth-order valence-electron chi connectivity index (χ4n) is 4.10. The van der Waals surface area contributed by atoms with E-state index in [1.54, 1.807) is 30.2 Å². The van der Waals surface area contributed by atoms with Gasteiger partial charge in [-0.15, -0.1) is 0 Å². The van der Waals surface area contributed by atoms with Gasteiger partial charge in [0.2, 0.25) is 5.91 Å². The first-order valence-corrected chi connectivity index (χ1v) is 10.8. The maximum atomic E-state index is 13.0. The van der Waals surface area contributed by atoms with Gasteiger partial charge in [-0.25, -0.2) is 4.79 Å². The van der Waals surface area contributed by atoms with E-state index in [0.29, 0.717) is 50.0 Å². The molecular weight excluding hydrogens is 410 g/mol. The van der Waals surface area contributed by atoms with Crippen LogP contribution in [-0.2, 0) is 11.3 Å². The minimum atomic E-state index is -0.652. The summed E-state index contributed by atoms with van der Waals surface area (Å²) >= 11 is 0. The lowest BCUT2D eigenvalue weighted by Crippen LogP contribution is -2.52. The topological polar surface area (TPSA) is 89.1 Å². The maximum absolute atomic E-state index is 13.0. The molecule has 32 heavy (non-hydrogen) atoms. The lowest BCUT2D eigenvalue weighted by atomic mass is 9.81. The summed E-state index contributed by atoms with van der Waals surface area (Å²) in [7, 11) is 1.62. The molecule has 2 aliphatic rings. The van der Waals surface area contributed by atoms with Crippen LogP contribution in [0.2, 0.25) is 0 Å². The molecule has 3 amide bonds. The van der Waals surface area contributed by atoms with Crippen LogP contribution in [0.4, 0.5) is 10.5 Å². The first-order valence-electron chi connectivity index (χ1n) is 10.8. The van der Waals surface area contributed by atoms with Crippen LogP contribution in [0.3, 0.4) is 0 Å². The summed E-state index contributed by atoms with van der Waals surface area (Å²) in [6.07, 6.45) is 1.49. The van der Waals surface area contributed by atoms with E-state index in [-0.39, 0.29) is 11.9 Å². The molecule has 2 aromatic carbocycles. The van der Waals surface area contributed by atoms with Crippen molar-refractivity contribution in [3.8, 4) is 17.2 Å². The van der Waals surface area contributed by atoms with Crippen LogP contribution < -0.4 is 24.8 Å². The van der Waals surface area contributed by atoms with E-state index in [4.69, 9.17) is 14.2 Å². The lowest BCUT2D eigenvalue weighted by molar-refractivity contribution is -0.132. The van der Waals surface area contributed by atoms with Crippen molar-refractivity contribution < 1.29 is 23.8 Å². The highest BCUT2D eigenvalue weighted by Crippen LogP contribution is 2.34. The van der Waals surface area contributed by atoms with Crippen LogP contribution in [0.15, 0.2) is 42.5 Å². The number of nitrogens with zero attached hydrogens (tertiary/aromatic N) is 1. The Balaban J connectivity index is 1.35. The summed E-state index contributed by atoms with van der Waals surface area (Å²) in [5, 5.41) is 5.94. The fourth-order valence-corrected chi connectivity index (χ4v) is 4.10. The van der Waals surface area contributed by atoms with Crippen molar-refractivity contribution in [3.05, 3.63) is 48.0 Å². The van der Waals surface area contributed by atoms with Gasteiger partial charge in [0, 0.05) is 31.4 Å². The zero-order chi connectivity index (χ0) is 22.6. The van der Waals surface area contributed by atoms with Crippen molar-refractivity contribution in [3.63, 3.8) is 0 Å². The molecule has 1 atom stereocenters. The Kier molecular flexibility index (Phi) is 6.39. The van der Waals surface area contributed by atoms with Gasteiger partial charge in [0.15, 0.2) is 11.5 Å². The molecule has 2 N–H and O–H groups in total. The molecule has 4 rings (SSSR count). The number of urea groups is 1. The summed E-state index contributed by atoms with van der Waals surface area (Å²) in [6, 6.07) is 12.7. The van der Waals surface area contributed by atoms with Crippen molar-refractivity contribution >= 4 is 17.6 Å². The zero-order valence-corrected chi connectivity index (χ0v) is 18.5. The summed E-state index contributed by atoms with van der Waals surface area (Å²) < 4.78 is 16.3. The van der Waals surface area contributed by atoms with Gasteiger partial charge < -0.3 is 29.7 Å². The van der Waals surface area contributed by atoms with Crippen molar-refractivity contribution in [1.82, 2.24) is 10.2 Å². The third-order valence-corrected chi connectivity index (χ3v) is 5.91. The number of benzene rings is 2. The molecule has 8 heteroatoms. The number of piperidine rings is 1. The zero-order valence-electron chi connectivity index (χ0n) is 18.5. The van der Waals surface area contributed by atoms with Crippen LogP contribution in [-0.4, -0.2) is 50.3 Å². The van der Waals surface area contributed by atoms with Gasteiger partial charge in [0.25, 0.3) is 0 Å². The summed E-state index contributed by atoms with van der Waals surface area (Å²) in [6.45, 7) is 4.29. The molecule has 0 saturated carbocycles. The molecule has 0 aromatic heterocycles. The van der Waals surface area contributed by atoms with Crippen molar-refractivity contribution in [2.75, 3.05) is 38.7 Å². The number of likely N-dealkylation sites (tertiary alicyclic amines) is 1. The largest absolute Gasteiger partial charge is 0.497 e. The highest BCUT2D eigenvalue weighted by atomic mass is 16.6. The number of fused-ring (bicyclic) bond motifs is 1. The highest BCUT2D eigenvalue weighted by Gasteiger charge is 2.39. The maximum Gasteiger partial charge on any atom is 0.321 e. The third-order valence-electron chi connectivity index (χ3n) is 5.91. The smallest absolute Gasteiger partial charge is 0.321 e. The number of ether oxygens (including phenoxy) is 3. The van der Waals surface area contributed by atoms with Gasteiger partial charge in [0.1, 0.15) is 19.0 Å². The van der Waals surface area contributed by atoms with Crippen molar-refractivity contribution in [2.24, 2.45) is 5.41 Å². The van der Waals surface area contributed by atoms with Gasteiger partial charge in [-0.2, -0.15) is 0 Å². The molecule has 1 fully saturated rings. The Morgan fingerprint density at radius 2 is 1.94 bits per heavy atom. The monoisotopic (exact) mass is 439 g/mol. The Labute approximate surface area is 187 Å². The number of carbonyl (C=O) groups excluding carboxylic acids is 2. The van der Waals surface area contributed by atoms with E-state index in [1.807, 2.05) is 31.2 Å².